The Hall–Kier alpha value is -1.77. The lowest BCUT2D eigenvalue weighted by Gasteiger charge is -2.31. The topological polar surface area (TPSA) is 79.5 Å². The highest BCUT2D eigenvalue weighted by Gasteiger charge is 2.30. The van der Waals surface area contributed by atoms with Crippen LogP contribution in [0.5, 0.6) is 0 Å². The molecule has 8 heteroatoms. The van der Waals surface area contributed by atoms with E-state index in [-0.39, 0.29) is 5.09 Å². The molecule has 2 aromatic rings. The maximum absolute atomic E-state index is 12.6. The number of furan rings is 1. The first kappa shape index (κ1) is 17.6. The molecule has 4 rings (SSSR count). The Morgan fingerprint density at radius 2 is 1.96 bits per heavy atom. The molecule has 140 valence electrons. The molecule has 2 fully saturated rings. The van der Waals surface area contributed by atoms with E-state index < -0.39 is 10.0 Å². The summed E-state index contributed by atoms with van der Waals surface area (Å²) in [5, 5.41) is 0.0683. The van der Waals surface area contributed by atoms with Gasteiger partial charge < -0.3 is 4.42 Å². The Morgan fingerprint density at radius 1 is 1.12 bits per heavy atom. The molecule has 0 amide bonds. The van der Waals surface area contributed by atoms with Crippen molar-refractivity contribution < 1.29 is 12.8 Å². The molecule has 0 radical (unpaired) electrons. The van der Waals surface area contributed by atoms with Crippen LogP contribution in [0.1, 0.15) is 43.1 Å². The molecule has 0 saturated carbocycles. The lowest BCUT2D eigenvalue weighted by Crippen LogP contribution is -2.34. The molecule has 0 spiro atoms. The standard InChI is InChI=1S/C18H24N4O3S/c23-26(24,22-10-1-2-11-22)18-6-5-16(25-18)13-21-9-3-4-15(12-21)17-7-8-19-14-20-17/h5-8,14-15H,1-4,9-13H2. The number of sulfonamides is 1. The largest absolute Gasteiger partial charge is 0.447 e. The Kier molecular flexibility index (Phi) is 5.06. The maximum atomic E-state index is 12.6. The maximum Gasteiger partial charge on any atom is 0.276 e. The molecule has 2 aliphatic rings. The van der Waals surface area contributed by atoms with Gasteiger partial charge in [0.1, 0.15) is 12.1 Å². The van der Waals surface area contributed by atoms with E-state index in [1.54, 1.807) is 24.7 Å². The monoisotopic (exact) mass is 376 g/mol. The van der Waals surface area contributed by atoms with Crippen LogP contribution in [-0.2, 0) is 16.6 Å². The summed E-state index contributed by atoms with van der Waals surface area (Å²) >= 11 is 0. The molecule has 26 heavy (non-hydrogen) atoms. The number of rotatable bonds is 5. The predicted molar refractivity (Wildman–Crippen MR) is 96.0 cm³/mol. The molecule has 1 unspecified atom stereocenters. The van der Waals surface area contributed by atoms with Crippen LogP contribution in [0.25, 0.3) is 0 Å². The molecule has 0 N–H and O–H groups in total. The Balaban J connectivity index is 1.42. The van der Waals surface area contributed by atoms with Gasteiger partial charge in [0.2, 0.25) is 5.09 Å². The lowest BCUT2D eigenvalue weighted by molar-refractivity contribution is 0.181. The smallest absolute Gasteiger partial charge is 0.276 e. The second-order valence-electron chi connectivity index (χ2n) is 7.04. The fourth-order valence-corrected chi connectivity index (χ4v) is 5.29. The number of hydrogen-bond acceptors (Lipinski definition) is 6. The van der Waals surface area contributed by atoms with Gasteiger partial charge >= 0.3 is 0 Å². The number of aromatic nitrogens is 2. The summed E-state index contributed by atoms with van der Waals surface area (Å²) in [5.41, 5.74) is 1.07. The van der Waals surface area contributed by atoms with Crippen molar-refractivity contribution in [2.45, 2.75) is 43.2 Å². The van der Waals surface area contributed by atoms with Gasteiger partial charge in [-0.15, -0.1) is 0 Å². The van der Waals surface area contributed by atoms with Crippen LogP contribution in [0.2, 0.25) is 0 Å². The van der Waals surface area contributed by atoms with E-state index in [1.807, 2.05) is 6.07 Å². The lowest BCUT2D eigenvalue weighted by atomic mass is 9.94. The molecule has 0 aliphatic carbocycles. The first-order chi connectivity index (χ1) is 12.6. The van der Waals surface area contributed by atoms with Crippen molar-refractivity contribution in [3.8, 4) is 0 Å². The van der Waals surface area contributed by atoms with Gasteiger partial charge in [-0.3, -0.25) is 4.90 Å². The zero-order valence-corrected chi connectivity index (χ0v) is 15.6. The molecule has 7 nitrogen and oxygen atoms in total. The molecule has 0 bridgehead atoms. The Bertz CT molecular complexity index is 831. The van der Waals surface area contributed by atoms with Crippen LogP contribution >= 0.6 is 0 Å². The van der Waals surface area contributed by atoms with Crippen LogP contribution < -0.4 is 0 Å². The zero-order chi connectivity index (χ0) is 18.0. The second-order valence-corrected chi connectivity index (χ2v) is 8.91. The Morgan fingerprint density at radius 3 is 2.73 bits per heavy atom. The summed E-state index contributed by atoms with van der Waals surface area (Å²) in [6, 6.07) is 5.36. The van der Waals surface area contributed by atoms with E-state index in [0.717, 1.165) is 44.5 Å². The van der Waals surface area contributed by atoms with Gasteiger partial charge in [-0.25, -0.2) is 18.4 Å². The number of nitrogens with zero attached hydrogens (tertiary/aromatic N) is 4. The van der Waals surface area contributed by atoms with Crippen molar-refractivity contribution in [3.05, 3.63) is 42.2 Å². The van der Waals surface area contributed by atoms with Crippen LogP contribution in [0, 0.1) is 0 Å². The summed E-state index contributed by atoms with van der Waals surface area (Å²) in [4.78, 5) is 10.7. The molecule has 1 atom stereocenters. The van der Waals surface area contributed by atoms with E-state index >= 15 is 0 Å². The summed E-state index contributed by atoms with van der Waals surface area (Å²) in [5.74, 6) is 1.08. The van der Waals surface area contributed by atoms with Crippen LogP contribution in [0.15, 0.2) is 40.2 Å². The SMILES string of the molecule is O=S(=O)(c1ccc(CN2CCCC(c3ccncn3)C2)o1)N1CCCC1. The van der Waals surface area contributed by atoms with Crippen LogP contribution in [-0.4, -0.2) is 53.8 Å². The zero-order valence-electron chi connectivity index (χ0n) is 14.7. The molecule has 2 aliphatic heterocycles. The van der Waals surface area contributed by atoms with E-state index in [9.17, 15) is 8.42 Å². The highest BCUT2D eigenvalue weighted by molar-refractivity contribution is 7.89. The second kappa shape index (κ2) is 7.46. The van der Waals surface area contributed by atoms with Crippen molar-refractivity contribution in [1.29, 1.82) is 0 Å². The minimum absolute atomic E-state index is 0.0683. The van der Waals surface area contributed by atoms with E-state index in [1.165, 1.54) is 4.31 Å². The van der Waals surface area contributed by atoms with E-state index in [0.29, 0.717) is 31.3 Å². The average Bonchev–Trinajstić information content (AvgIpc) is 3.35. The molecular weight excluding hydrogens is 352 g/mol. The number of likely N-dealkylation sites (tertiary alicyclic amines) is 1. The van der Waals surface area contributed by atoms with Gasteiger partial charge in [0.25, 0.3) is 10.0 Å². The van der Waals surface area contributed by atoms with Crippen molar-refractivity contribution in [2.75, 3.05) is 26.2 Å². The summed E-state index contributed by atoms with van der Waals surface area (Å²) < 4.78 is 32.4. The van der Waals surface area contributed by atoms with Crippen LogP contribution in [0.3, 0.4) is 0 Å². The third-order valence-corrected chi connectivity index (χ3v) is 6.98. The first-order valence-electron chi connectivity index (χ1n) is 9.20. The first-order valence-corrected chi connectivity index (χ1v) is 10.6. The van der Waals surface area contributed by atoms with Gasteiger partial charge in [-0.1, -0.05) is 0 Å². The molecule has 0 aromatic carbocycles. The highest BCUT2D eigenvalue weighted by atomic mass is 32.2. The highest BCUT2D eigenvalue weighted by Crippen LogP contribution is 2.27. The quantitative estimate of drug-likeness (QED) is 0.796. The third-order valence-electron chi connectivity index (χ3n) is 5.20. The molecular formula is C18H24N4O3S. The van der Waals surface area contributed by atoms with Crippen LogP contribution in [0.4, 0.5) is 0 Å². The van der Waals surface area contributed by atoms with Crippen molar-refractivity contribution in [3.63, 3.8) is 0 Å². The minimum atomic E-state index is -3.48. The average molecular weight is 376 g/mol. The van der Waals surface area contributed by atoms with Gasteiger partial charge in [-0.05, 0) is 50.4 Å². The van der Waals surface area contributed by atoms with Gasteiger partial charge in [0.15, 0.2) is 0 Å². The molecule has 4 heterocycles. The van der Waals surface area contributed by atoms with E-state index in [2.05, 4.69) is 14.9 Å². The number of hydrogen-bond donors (Lipinski definition) is 0. The van der Waals surface area contributed by atoms with Crippen molar-refractivity contribution >= 4 is 10.0 Å². The summed E-state index contributed by atoms with van der Waals surface area (Å²) in [6.45, 7) is 3.68. The number of piperidine rings is 1. The van der Waals surface area contributed by atoms with Gasteiger partial charge in [0, 0.05) is 37.4 Å². The summed E-state index contributed by atoms with van der Waals surface area (Å²) in [6.07, 6.45) is 7.42. The van der Waals surface area contributed by atoms with Crippen molar-refractivity contribution in [1.82, 2.24) is 19.2 Å². The Labute approximate surface area is 154 Å². The molecule has 2 aromatic heterocycles. The normalized spacial score (nSPS) is 22.7. The predicted octanol–water partition coefficient (Wildman–Crippen LogP) is 2.23. The van der Waals surface area contributed by atoms with Crippen molar-refractivity contribution in [2.24, 2.45) is 0 Å². The minimum Gasteiger partial charge on any atom is -0.447 e. The van der Waals surface area contributed by atoms with Gasteiger partial charge in [0.05, 0.1) is 6.54 Å². The fourth-order valence-electron chi connectivity index (χ4n) is 3.84. The van der Waals surface area contributed by atoms with E-state index in [4.69, 9.17) is 4.42 Å². The van der Waals surface area contributed by atoms with Gasteiger partial charge in [-0.2, -0.15) is 4.31 Å². The molecule has 2 saturated heterocycles. The fraction of sp³-hybridized carbons (Fsp3) is 0.556. The summed E-state index contributed by atoms with van der Waals surface area (Å²) in [7, 11) is -3.48. The third kappa shape index (κ3) is 3.67.